The Labute approximate surface area is 134 Å². The summed E-state index contributed by atoms with van der Waals surface area (Å²) in [5.41, 5.74) is 0.950. The molecule has 22 heavy (non-hydrogen) atoms. The summed E-state index contributed by atoms with van der Waals surface area (Å²) in [5.74, 6) is -0.493. The van der Waals surface area contributed by atoms with E-state index < -0.39 is 16.4 Å². The second-order valence-corrected chi connectivity index (χ2v) is 5.40. The van der Waals surface area contributed by atoms with E-state index in [1.165, 1.54) is 25.3 Å². The van der Waals surface area contributed by atoms with Crippen molar-refractivity contribution in [1.29, 1.82) is 0 Å². The molecule has 0 aliphatic heterocycles. The predicted molar refractivity (Wildman–Crippen MR) is 86.2 cm³/mol. The fourth-order valence-corrected chi connectivity index (χ4v) is 2.23. The zero-order chi connectivity index (χ0) is 16.3. The van der Waals surface area contributed by atoms with Crippen LogP contribution >= 0.6 is 15.9 Å². The van der Waals surface area contributed by atoms with Crippen LogP contribution in [-0.2, 0) is 0 Å². The number of ketones is 1. The van der Waals surface area contributed by atoms with Crippen molar-refractivity contribution in [1.82, 2.24) is 0 Å². The van der Waals surface area contributed by atoms with Crippen LogP contribution in [0.1, 0.15) is 22.8 Å². The van der Waals surface area contributed by atoms with Gasteiger partial charge in [-0.05, 0) is 37.3 Å². The van der Waals surface area contributed by atoms with Crippen LogP contribution < -0.4 is 0 Å². The molecule has 112 valence electrons. The molecule has 0 atom stereocenters. The van der Waals surface area contributed by atoms with Gasteiger partial charge in [-0.25, -0.2) is 0 Å². The predicted octanol–water partition coefficient (Wildman–Crippen LogP) is 4.02. The van der Waals surface area contributed by atoms with Crippen molar-refractivity contribution >= 4 is 39.3 Å². The van der Waals surface area contributed by atoms with Crippen molar-refractivity contribution in [2.75, 3.05) is 0 Å². The van der Waals surface area contributed by atoms with Crippen LogP contribution in [-0.4, -0.2) is 22.0 Å². The molecule has 0 saturated carbocycles. The van der Waals surface area contributed by atoms with Crippen LogP contribution in [0.4, 0.5) is 11.4 Å². The third kappa shape index (κ3) is 3.56. The molecule has 0 heterocycles. The first-order chi connectivity index (χ1) is 10.4. The van der Waals surface area contributed by atoms with Gasteiger partial charge in [0.15, 0.2) is 5.78 Å². The number of nitro benzene ring substituents is 1. The number of phenols is 1. The highest BCUT2D eigenvalue weighted by molar-refractivity contribution is 9.10. The minimum Gasteiger partial charge on any atom is -0.502 e. The molecule has 0 fully saturated rings. The summed E-state index contributed by atoms with van der Waals surface area (Å²) in [6.45, 7) is 1.47. The quantitative estimate of drug-likeness (QED) is 0.384. The summed E-state index contributed by atoms with van der Waals surface area (Å²) in [5, 5.41) is 20.7. The monoisotopic (exact) mass is 362 g/mol. The number of hydrogen-bond donors (Lipinski definition) is 1. The van der Waals surface area contributed by atoms with Gasteiger partial charge < -0.3 is 5.11 Å². The van der Waals surface area contributed by atoms with E-state index >= 15 is 0 Å². The lowest BCUT2D eigenvalue weighted by Crippen LogP contribution is -1.93. The molecule has 1 N–H and O–H groups in total. The number of aliphatic imine (C=N–C) groups is 1. The van der Waals surface area contributed by atoms with E-state index in [9.17, 15) is 20.0 Å². The zero-order valence-electron chi connectivity index (χ0n) is 11.5. The molecule has 2 aromatic rings. The number of Topliss-reactive ketones (excluding diaryl/α,β-unsaturated/α-hetero) is 1. The van der Waals surface area contributed by atoms with Crippen LogP contribution in [0.15, 0.2) is 45.9 Å². The average Bonchev–Trinajstić information content (AvgIpc) is 2.47. The smallest absolute Gasteiger partial charge is 0.312 e. The molecule has 2 aromatic carbocycles. The fourth-order valence-electron chi connectivity index (χ4n) is 1.77. The van der Waals surface area contributed by atoms with Crippen molar-refractivity contribution < 1.29 is 14.8 Å². The van der Waals surface area contributed by atoms with Crippen molar-refractivity contribution in [2.24, 2.45) is 4.99 Å². The maximum absolute atomic E-state index is 11.2. The molecule has 6 nitrogen and oxygen atoms in total. The first-order valence-electron chi connectivity index (χ1n) is 6.20. The zero-order valence-corrected chi connectivity index (χ0v) is 13.1. The van der Waals surface area contributed by atoms with Gasteiger partial charge in [-0.2, -0.15) is 0 Å². The Kier molecular flexibility index (Phi) is 4.67. The Morgan fingerprint density at radius 3 is 2.50 bits per heavy atom. The van der Waals surface area contributed by atoms with E-state index in [-0.39, 0.29) is 11.3 Å². The first kappa shape index (κ1) is 15.8. The highest BCUT2D eigenvalue weighted by atomic mass is 79.9. The van der Waals surface area contributed by atoms with Crippen LogP contribution in [0.5, 0.6) is 5.75 Å². The number of benzene rings is 2. The minimum atomic E-state index is -0.668. The molecule has 0 radical (unpaired) electrons. The Hall–Kier alpha value is -2.54. The van der Waals surface area contributed by atoms with Gasteiger partial charge in [0.2, 0.25) is 5.75 Å². The van der Waals surface area contributed by atoms with Gasteiger partial charge >= 0.3 is 5.69 Å². The van der Waals surface area contributed by atoms with Gasteiger partial charge in [-0.3, -0.25) is 19.9 Å². The van der Waals surface area contributed by atoms with Gasteiger partial charge in [0.05, 0.1) is 10.6 Å². The maximum atomic E-state index is 11.2. The minimum absolute atomic E-state index is 0.0456. The van der Waals surface area contributed by atoms with Crippen molar-refractivity contribution in [2.45, 2.75) is 6.92 Å². The molecule has 0 unspecified atom stereocenters. The van der Waals surface area contributed by atoms with Crippen molar-refractivity contribution in [3.63, 3.8) is 0 Å². The van der Waals surface area contributed by atoms with Gasteiger partial charge in [0.1, 0.15) is 0 Å². The topological polar surface area (TPSA) is 92.8 Å². The molecule has 0 bridgehead atoms. The summed E-state index contributed by atoms with van der Waals surface area (Å²) in [6, 6.07) is 9.31. The Morgan fingerprint density at radius 1 is 1.32 bits per heavy atom. The van der Waals surface area contributed by atoms with E-state index in [2.05, 4.69) is 20.9 Å². The lowest BCUT2D eigenvalue weighted by Gasteiger charge is -2.02. The van der Waals surface area contributed by atoms with Crippen LogP contribution in [0.3, 0.4) is 0 Å². The number of nitro groups is 1. The molecule has 0 saturated heterocycles. The lowest BCUT2D eigenvalue weighted by molar-refractivity contribution is -0.385. The maximum Gasteiger partial charge on any atom is 0.312 e. The summed E-state index contributed by atoms with van der Waals surface area (Å²) in [6.07, 6.45) is 1.33. The van der Waals surface area contributed by atoms with Gasteiger partial charge in [0, 0.05) is 27.9 Å². The highest BCUT2D eigenvalue weighted by Crippen LogP contribution is 2.32. The third-order valence-electron chi connectivity index (χ3n) is 2.91. The van der Waals surface area contributed by atoms with Crippen LogP contribution in [0.2, 0.25) is 0 Å². The molecule has 7 heteroatoms. The average molecular weight is 363 g/mol. The summed E-state index contributed by atoms with van der Waals surface area (Å²) >= 11 is 3.15. The van der Waals surface area contributed by atoms with E-state index in [1.807, 2.05) is 0 Å². The summed E-state index contributed by atoms with van der Waals surface area (Å²) in [7, 11) is 0. The van der Waals surface area contributed by atoms with Gasteiger partial charge in [-0.15, -0.1) is 0 Å². The van der Waals surface area contributed by atoms with E-state index in [1.54, 1.807) is 24.3 Å². The number of phenolic OH excluding ortho intramolecular Hbond substituents is 1. The van der Waals surface area contributed by atoms with Crippen molar-refractivity contribution in [3.8, 4) is 5.75 Å². The molecule has 0 spiro atoms. The molecular weight excluding hydrogens is 352 g/mol. The van der Waals surface area contributed by atoms with Gasteiger partial charge in [0.25, 0.3) is 0 Å². The largest absolute Gasteiger partial charge is 0.502 e. The highest BCUT2D eigenvalue weighted by Gasteiger charge is 2.17. The van der Waals surface area contributed by atoms with Crippen molar-refractivity contribution in [3.05, 3.63) is 62.1 Å². The molecule has 0 aromatic heterocycles. The normalized spacial score (nSPS) is 10.8. The Morgan fingerprint density at radius 2 is 1.95 bits per heavy atom. The second-order valence-electron chi connectivity index (χ2n) is 4.48. The number of aromatic hydroxyl groups is 1. The number of hydrogen-bond acceptors (Lipinski definition) is 5. The molecule has 0 aliphatic rings. The number of halogens is 1. The molecule has 2 rings (SSSR count). The number of nitrogens with zero attached hydrogens (tertiary/aromatic N) is 2. The van der Waals surface area contributed by atoms with E-state index in [0.717, 1.165) is 0 Å². The molecule has 0 amide bonds. The second kappa shape index (κ2) is 6.48. The fraction of sp³-hybridized carbons (Fsp3) is 0.0667. The summed E-state index contributed by atoms with van der Waals surface area (Å²) in [4.78, 5) is 25.5. The van der Waals surface area contributed by atoms with Gasteiger partial charge in [-0.1, -0.05) is 15.9 Å². The first-order valence-corrected chi connectivity index (χ1v) is 7.00. The van der Waals surface area contributed by atoms with E-state index in [4.69, 9.17) is 0 Å². The van der Waals surface area contributed by atoms with E-state index in [0.29, 0.717) is 15.7 Å². The number of rotatable bonds is 4. The number of carbonyl (C=O) groups is 1. The Balaban J connectivity index is 2.34. The van der Waals surface area contributed by atoms with Crippen LogP contribution in [0, 0.1) is 10.1 Å². The lowest BCUT2D eigenvalue weighted by atomic mass is 10.1. The summed E-state index contributed by atoms with van der Waals surface area (Å²) < 4.78 is 0.463. The Bertz CT molecular complexity index is 770. The standard InChI is InChI=1S/C15H11BrN2O4/c1-9(19)10-2-4-13(5-3-10)17-8-11-6-12(16)7-14(15(11)20)18(21)22/h2-8,20H,1H3. The molecular formula is C15H11BrN2O4. The SMILES string of the molecule is CC(=O)c1ccc(N=Cc2cc(Br)cc([N+](=O)[O-])c2O)cc1. The number of carbonyl (C=O) groups excluding carboxylic acids is 1. The molecule has 0 aliphatic carbocycles. The van der Waals surface area contributed by atoms with Crippen LogP contribution in [0.25, 0.3) is 0 Å². The third-order valence-corrected chi connectivity index (χ3v) is 3.37.